The van der Waals surface area contributed by atoms with Gasteiger partial charge in [0.15, 0.2) is 5.82 Å². The van der Waals surface area contributed by atoms with Gasteiger partial charge in [0.05, 0.1) is 5.69 Å². The molecule has 1 amide bonds. The third kappa shape index (κ3) is 3.71. The maximum atomic E-state index is 11.4. The summed E-state index contributed by atoms with van der Waals surface area (Å²) in [5, 5.41) is 9.62. The molecule has 0 fully saturated rings. The summed E-state index contributed by atoms with van der Waals surface area (Å²) >= 11 is 0. The van der Waals surface area contributed by atoms with Crippen LogP contribution in [0.3, 0.4) is 0 Å². The third-order valence-electron chi connectivity index (χ3n) is 1.89. The molecule has 5 heteroatoms. The molecule has 0 spiro atoms. The fourth-order valence-corrected chi connectivity index (χ4v) is 1.12. The second kappa shape index (κ2) is 4.93. The summed E-state index contributed by atoms with van der Waals surface area (Å²) < 4.78 is 0. The summed E-state index contributed by atoms with van der Waals surface area (Å²) in [6.45, 7) is 4.48. The zero-order valence-corrected chi connectivity index (χ0v) is 9.66. The Morgan fingerprint density at radius 3 is 2.80 bits per heavy atom. The fourth-order valence-electron chi connectivity index (χ4n) is 1.12. The lowest BCUT2D eigenvalue weighted by molar-refractivity contribution is -0.118. The molecule has 1 aromatic rings. The molecule has 1 rings (SSSR count). The molecule has 1 heterocycles. The van der Waals surface area contributed by atoms with E-state index in [2.05, 4.69) is 15.5 Å². The molecule has 0 saturated carbocycles. The van der Waals surface area contributed by atoms with Gasteiger partial charge in [-0.3, -0.25) is 9.89 Å². The molecule has 0 bridgehead atoms. The number of carbonyl (C=O) groups excluding carboxylic acids is 1. The molecule has 5 nitrogen and oxygen atoms in total. The van der Waals surface area contributed by atoms with Gasteiger partial charge < -0.3 is 10.2 Å². The number of hydrogen-bond acceptors (Lipinski definition) is 3. The van der Waals surface area contributed by atoms with Gasteiger partial charge in [0, 0.05) is 18.5 Å². The van der Waals surface area contributed by atoms with Crippen LogP contribution in [0, 0.1) is 5.92 Å². The van der Waals surface area contributed by atoms with Gasteiger partial charge in [-0.2, -0.15) is 5.10 Å². The van der Waals surface area contributed by atoms with E-state index in [9.17, 15) is 4.79 Å². The Kier molecular flexibility index (Phi) is 3.85. The van der Waals surface area contributed by atoms with E-state index in [0.29, 0.717) is 5.82 Å². The molecule has 2 N–H and O–H groups in total. The van der Waals surface area contributed by atoms with Crippen molar-refractivity contribution in [3.63, 3.8) is 0 Å². The molecule has 0 unspecified atom stereocenters. The standard InChI is InChI=1S/C10H18N4O/c1-7(2)10(15)11-9-5-8(12-13-9)6-14(3)4/h5,7H,6H2,1-4H3,(H2,11,12,13,15). The number of nitrogens with one attached hydrogen (secondary N) is 2. The second-order valence-electron chi connectivity index (χ2n) is 4.16. The van der Waals surface area contributed by atoms with Crippen LogP contribution in [0.15, 0.2) is 6.07 Å². The number of carbonyl (C=O) groups is 1. The minimum atomic E-state index is -0.0287. The Morgan fingerprint density at radius 2 is 2.27 bits per heavy atom. The molecule has 1 aromatic heterocycles. The monoisotopic (exact) mass is 210 g/mol. The summed E-state index contributed by atoms with van der Waals surface area (Å²) in [7, 11) is 3.96. The lowest BCUT2D eigenvalue weighted by Gasteiger charge is -2.05. The van der Waals surface area contributed by atoms with Crippen molar-refractivity contribution in [3.05, 3.63) is 11.8 Å². The highest BCUT2D eigenvalue weighted by Crippen LogP contribution is 2.08. The Balaban J connectivity index is 2.56. The number of aromatic nitrogens is 2. The Hall–Kier alpha value is -1.36. The van der Waals surface area contributed by atoms with Crippen molar-refractivity contribution in [2.24, 2.45) is 5.92 Å². The molecule has 0 radical (unpaired) electrons. The second-order valence-corrected chi connectivity index (χ2v) is 4.16. The van der Waals surface area contributed by atoms with E-state index in [0.717, 1.165) is 12.2 Å². The zero-order chi connectivity index (χ0) is 11.4. The smallest absolute Gasteiger partial charge is 0.228 e. The number of nitrogens with zero attached hydrogens (tertiary/aromatic N) is 2. The molecule has 0 aliphatic carbocycles. The van der Waals surface area contributed by atoms with Gasteiger partial charge in [-0.25, -0.2) is 0 Å². The van der Waals surface area contributed by atoms with Gasteiger partial charge in [-0.1, -0.05) is 13.8 Å². The van der Waals surface area contributed by atoms with Gasteiger partial charge >= 0.3 is 0 Å². The molecule has 84 valence electrons. The first-order valence-corrected chi connectivity index (χ1v) is 4.99. The van der Waals surface area contributed by atoms with Crippen molar-refractivity contribution < 1.29 is 4.79 Å². The van der Waals surface area contributed by atoms with Crippen LogP contribution in [-0.2, 0) is 11.3 Å². The number of H-pyrrole nitrogens is 1. The predicted octanol–water partition coefficient (Wildman–Crippen LogP) is 1.07. The van der Waals surface area contributed by atoms with Crippen molar-refractivity contribution in [2.45, 2.75) is 20.4 Å². The van der Waals surface area contributed by atoms with Crippen LogP contribution in [0.25, 0.3) is 0 Å². The largest absolute Gasteiger partial charge is 0.309 e. The lowest BCUT2D eigenvalue weighted by atomic mass is 10.2. The van der Waals surface area contributed by atoms with E-state index < -0.39 is 0 Å². The van der Waals surface area contributed by atoms with E-state index in [1.807, 2.05) is 38.9 Å². The van der Waals surface area contributed by atoms with Crippen molar-refractivity contribution in [2.75, 3.05) is 19.4 Å². The van der Waals surface area contributed by atoms with Gasteiger partial charge in [0.1, 0.15) is 0 Å². The molecule has 0 aliphatic heterocycles. The highest BCUT2D eigenvalue weighted by Gasteiger charge is 2.09. The van der Waals surface area contributed by atoms with E-state index in [1.54, 1.807) is 0 Å². The normalized spacial score (nSPS) is 11.1. The van der Waals surface area contributed by atoms with Crippen LogP contribution in [0.4, 0.5) is 5.82 Å². The van der Waals surface area contributed by atoms with Gasteiger partial charge in [0.2, 0.25) is 5.91 Å². The number of amides is 1. The van der Waals surface area contributed by atoms with Crippen LogP contribution in [0.5, 0.6) is 0 Å². The van der Waals surface area contributed by atoms with E-state index in [1.165, 1.54) is 0 Å². The predicted molar refractivity (Wildman–Crippen MR) is 59.4 cm³/mol. The van der Waals surface area contributed by atoms with Crippen molar-refractivity contribution in [3.8, 4) is 0 Å². The molecular formula is C10H18N4O. The highest BCUT2D eigenvalue weighted by molar-refractivity contribution is 5.91. The fraction of sp³-hybridized carbons (Fsp3) is 0.600. The Bertz CT molecular complexity index is 330. The third-order valence-corrected chi connectivity index (χ3v) is 1.89. The summed E-state index contributed by atoms with van der Waals surface area (Å²) in [4.78, 5) is 13.4. The summed E-state index contributed by atoms with van der Waals surface area (Å²) in [5.74, 6) is 0.544. The topological polar surface area (TPSA) is 61.0 Å². The first-order valence-electron chi connectivity index (χ1n) is 4.99. The Morgan fingerprint density at radius 1 is 1.60 bits per heavy atom. The van der Waals surface area contributed by atoms with E-state index in [-0.39, 0.29) is 11.8 Å². The van der Waals surface area contributed by atoms with Crippen LogP contribution in [0.1, 0.15) is 19.5 Å². The van der Waals surface area contributed by atoms with Crippen molar-refractivity contribution in [1.29, 1.82) is 0 Å². The first-order chi connectivity index (χ1) is 6.99. The van der Waals surface area contributed by atoms with Crippen molar-refractivity contribution in [1.82, 2.24) is 15.1 Å². The molecular weight excluding hydrogens is 192 g/mol. The number of aromatic amines is 1. The average molecular weight is 210 g/mol. The molecule has 0 aliphatic rings. The Labute approximate surface area is 89.9 Å². The van der Waals surface area contributed by atoms with E-state index >= 15 is 0 Å². The lowest BCUT2D eigenvalue weighted by Crippen LogP contribution is -2.17. The summed E-state index contributed by atoms with van der Waals surface area (Å²) in [6.07, 6.45) is 0. The maximum absolute atomic E-state index is 11.4. The summed E-state index contributed by atoms with van der Waals surface area (Å²) in [5.41, 5.74) is 0.985. The average Bonchev–Trinajstić information content (AvgIpc) is 2.51. The molecule has 0 atom stereocenters. The minimum Gasteiger partial charge on any atom is -0.309 e. The maximum Gasteiger partial charge on any atom is 0.228 e. The zero-order valence-electron chi connectivity index (χ0n) is 9.66. The SMILES string of the molecule is CC(C)C(=O)Nc1cc(CN(C)C)[nH]n1. The van der Waals surface area contributed by atoms with Gasteiger partial charge in [0.25, 0.3) is 0 Å². The van der Waals surface area contributed by atoms with Crippen molar-refractivity contribution >= 4 is 11.7 Å². The van der Waals surface area contributed by atoms with Gasteiger partial charge in [-0.05, 0) is 14.1 Å². The molecule has 0 saturated heterocycles. The number of hydrogen-bond donors (Lipinski definition) is 2. The van der Waals surface area contributed by atoms with Crippen LogP contribution < -0.4 is 5.32 Å². The highest BCUT2D eigenvalue weighted by atomic mass is 16.1. The number of anilines is 1. The minimum absolute atomic E-state index is 0.0158. The summed E-state index contributed by atoms with van der Waals surface area (Å²) in [6, 6.07) is 1.85. The first kappa shape index (κ1) is 11.7. The molecule has 0 aromatic carbocycles. The number of rotatable bonds is 4. The quantitative estimate of drug-likeness (QED) is 0.781. The van der Waals surface area contributed by atoms with E-state index in [4.69, 9.17) is 0 Å². The van der Waals surface area contributed by atoms with Crippen LogP contribution >= 0.6 is 0 Å². The van der Waals surface area contributed by atoms with Gasteiger partial charge in [-0.15, -0.1) is 0 Å². The molecule has 15 heavy (non-hydrogen) atoms. The van der Waals surface area contributed by atoms with Crippen LogP contribution in [0.2, 0.25) is 0 Å². The van der Waals surface area contributed by atoms with Crippen LogP contribution in [-0.4, -0.2) is 35.1 Å².